The van der Waals surface area contributed by atoms with E-state index in [4.69, 9.17) is 14.5 Å². The van der Waals surface area contributed by atoms with Gasteiger partial charge in [-0.15, -0.1) is 11.3 Å². The lowest BCUT2D eigenvalue weighted by molar-refractivity contribution is -0.150. The standard InChI is InChI=1S/C32H38F2N3O7PS/c1-19-8-5-6-9-22(19)24-18-36(14-15-44-24)29(39)23-10-7-13-37(23)30(40)27(31(2,3)4)35-28(38)26-17-20-16-21(11-12-25(20)46-26)32(33,34)45(41,42)43/h5-6,8-9,11-12,16-17,23-24,27H,7,10,13-15,18H2,1-4H3,(H,35,38)(H2,41,42,43)/t23-,24?,27?/m0/s1. The molecular weight excluding hydrogens is 639 g/mol. The number of nitrogens with zero attached hydrogens (tertiary/aromatic N) is 2. The molecule has 0 bridgehead atoms. The molecule has 5 rings (SSSR count). The summed E-state index contributed by atoms with van der Waals surface area (Å²) in [6.45, 7) is 8.93. The number of fused-ring (bicyclic) bond motifs is 1. The molecule has 1 aromatic heterocycles. The van der Waals surface area contributed by atoms with E-state index in [0.29, 0.717) is 43.8 Å². The number of carbonyl (C=O) groups excluding carboxylic acids is 3. The van der Waals surface area contributed by atoms with Crippen molar-refractivity contribution < 1.29 is 42.3 Å². The number of amides is 3. The first kappa shape index (κ1) is 34.1. The lowest BCUT2D eigenvalue weighted by Gasteiger charge is -2.39. The van der Waals surface area contributed by atoms with Crippen LogP contribution < -0.4 is 5.32 Å². The van der Waals surface area contributed by atoms with Gasteiger partial charge in [0.1, 0.15) is 18.2 Å². The van der Waals surface area contributed by atoms with Crippen molar-refractivity contribution in [3.8, 4) is 0 Å². The van der Waals surface area contributed by atoms with E-state index in [2.05, 4.69) is 5.32 Å². The first-order valence-electron chi connectivity index (χ1n) is 15.0. The van der Waals surface area contributed by atoms with Crippen LogP contribution in [-0.2, 0) is 24.6 Å². The molecule has 0 saturated carbocycles. The summed E-state index contributed by atoms with van der Waals surface area (Å²) < 4.78 is 46.4. The molecule has 46 heavy (non-hydrogen) atoms. The van der Waals surface area contributed by atoms with Gasteiger partial charge in [0.15, 0.2) is 0 Å². The maximum absolute atomic E-state index is 14.3. The fraction of sp³-hybridized carbons (Fsp3) is 0.469. The Morgan fingerprint density at radius 2 is 1.80 bits per heavy atom. The van der Waals surface area contributed by atoms with Gasteiger partial charge in [-0.1, -0.05) is 51.1 Å². The van der Waals surface area contributed by atoms with Crippen LogP contribution in [0.25, 0.3) is 10.1 Å². The highest BCUT2D eigenvalue weighted by atomic mass is 32.1. The van der Waals surface area contributed by atoms with Crippen molar-refractivity contribution in [3.05, 3.63) is 70.1 Å². The van der Waals surface area contributed by atoms with E-state index < -0.39 is 42.2 Å². The fourth-order valence-electron chi connectivity index (χ4n) is 6.01. The first-order chi connectivity index (χ1) is 21.5. The molecule has 3 amide bonds. The van der Waals surface area contributed by atoms with Crippen LogP contribution in [0.3, 0.4) is 0 Å². The van der Waals surface area contributed by atoms with Crippen molar-refractivity contribution in [1.29, 1.82) is 0 Å². The summed E-state index contributed by atoms with van der Waals surface area (Å²) in [7, 11) is -5.77. The zero-order valence-corrected chi connectivity index (χ0v) is 27.7. The SMILES string of the molecule is Cc1ccccc1C1CN(C(=O)[C@@H]2CCCN2C(=O)C(NC(=O)c2cc3cc(C(F)(F)P(=O)(O)O)ccc3s2)C(C)(C)C)CCO1. The monoisotopic (exact) mass is 677 g/mol. The number of nitrogens with one attached hydrogen (secondary N) is 1. The fourth-order valence-corrected chi connectivity index (χ4v) is 7.43. The number of likely N-dealkylation sites (tertiary alicyclic amines) is 1. The van der Waals surface area contributed by atoms with Crippen molar-refractivity contribution in [2.75, 3.05) is 26.2 Å². The number of carbonyl (C=O) groups is 3. The summed E-state index contributed by atoms with van der Waals surface area (Å²) in [5.41, 5.74) is -3.91. The van der Waals surface area contributed by atoms with Crippen LogP contribution in [0.15, 0.2) is 48.5 Å². The molecule has 2 aliphatic heterocycles. The number of thiophene rings is 1. The van der Waals surface area contributed by atoms with Gasteiger partial charge in [0.25, 0.3) is 5.91 Å². The summed E-state index contributed by atoms with van der Waals surface area (Å²) in [5, 5.41) is 3.02. The van der Waals surface area contributed by atoms with Crippen LogP contribution >= 0.6 is 18.9 Å². The third kappa shape index (κ3) is 6.75. The predicted molar refractivity (Wildman–Crippen MR) is 170 cm³/mol. The molecule has 14 heteroatoms. The predicted octanol–water partition coefficient (Wildman–Crippen LogP) is 5.17. The van der Waals surface area contributed by atoms with Crippen LogP contribution in [0.2, 0.25) is 0 Å². The average molecular weight is 678 g/mol. The van der Waals surface area contributed by atoms with E-state index >= 15 is 0 Å². The second-order valence-corrected chi connectivity index (χ2v) is 15.6. The second-order valence-electron chi connectivity index (χ2n) is 12.9. The van der Waals surface area contributed by atoms with Crippen molar-refractivity contribution in [2.24, 2.45) is 5.41 Å². The van der Waals surface area contributed by atoms with Crippen molar-refractivity contribution >= 4 is 46.7 Å². The van der Waals surface area contributed by atoms with Crippen LogP contribution in [0, 0.1) is 12.3 Å². The van der Waals surface area contributed by atoms with Gasteiger partial charge < -0.3 is 29.6 Å². The Balaban J connectivity index is 1.33. The molecule has 3 heterocycles. The summed E-state index contributed by atoms with van der Waals surface area (Å²) in [6, 6.07) is 10.7. The number of alkyl halides is 2. The summed E-state index contributed by atoms with van der Waals surface area (Å²) in [5.74, 6) is -1.14. The maximum Gasteiger partial charge on any atom is 0.399 e. The van der Waals surface area contributed by atoms with Gasteiger partial charge in [0, 0.05) is 23.4 Å². The van der Waals surface area contributed by atoms with Crippen LogP contribution in [0.1, 0.15) is 66.1 Å². The smallest absolute Gasteiger partial charge is 0.370 e. The van der Waals surface area contributed by atoms with E-state index in [1.807, 2.05) is 31.2 Å². The largest absolute Gasteiger partial charge is 0.399 e. The normalized spacial score (nSPS) is 20.2. The van der Waals surface area contributed by atoms with Crippen LogP contribution in [0.5, 0.6) is 0 Å². The number of hydrogen-bond donors (Lipinski definition) is 3. The molecule has 2 saturated heterocycles. The number of ether oxygens (including phenoxy) is 1. The molecule has 2 fully saturated rings. The van der Waals surface area contributed by atoms with Crippen LogP contribution in [0.4, 0.5) is 8.78 Å². The average Bonchev–Trinajstić information content (AvgIpc) is 3.66. The first-order valence-corrected chi connectivity index (χ1v) is 17.5. The van der Waals surface area contributed by atoms with Gasteiger partial charge in [0.05, 0.1) is 18.0 Å². The minimum absolute atomic E-state index is 0.137. The van der Waals surface area contributed by atoms with E-state index in [1.54, 1.807) is 30.6 Å². The van der Waals surface area contributed by atoms with Gasteiger partial charge >= 0.3 is 13.3 Å². The van der Waals surface area contributed by atoms with E-state index in [0.717, 1.165) is 34.6 Å². The maximum atomic E-state index is 14.3. The summed E-state index contributed by atoms with van der Waals surface area (Å²) >= 11 is 1.00. The molecule has 0 spiro atoms. The molecule has 10 nitrogen and oxygen atoms in total. The van der Waals surface area contributed by atoms with Crippen molar-refractivity contribution in [1.82, 2.24) is 15.1 Å². The lowest BCUT2D eigenvalue weighted by Crippen LogP contribution is -2.58. The molecule has 3 atom stereocenters. The highest BCUT2D eigenvalue weighted by Crippen LogP contribution is 2.59. The van der Waals surface area contributed by atoms with Gasteiger partial charge in [-0.3, -0.25) is 18.9 Å². The topological polar surface area (TPSA) is 136 Å². The summed E-state index contributed by atoms with van der Waals surface area (Å²) in [6.07, 6.45) is 0.863. The minimum atomic E-state index is -5.77. The number of hydrogen-bond acceptors (Lipinski definition) is 6. The molecular formula is C32H38F2N3O7PS. The molecule has 2 aliphatic rings. The molecule has 0 aliphatic carbocycles. The van der Waals surface area contributed by atoms with E-state index in [1.165, 1.54) is 12.1 Å². The Morgan fingerprint density at radius 3 is 2.48 bits per heavy atom. The molecule has 3 aromatic rings. The zero-order valence-electron chi connectivity index (χ0n) is 26.0. The van der Waals surface area contributed by atoms with Crippen molar-refractivity contribution in [3.63, 3.8) is 0 Å². The Labute approximate surface area is 269 Å². The van der Waals surface area contributed by atoms with Gasteiger partial charge in [-0.05, 0) is 59.9 Å². The quantitative estimate of drug-likeness (QED) is 0.294. The molecule has 248 valence electrons. The Morgan fingerprint density at radius 1 is 1.09 bits per heavy atom. The van der Waals surface area contributed by atoms with Gasteiger partial charge in [0.2, 0.25) is 11.8 Å². The van der Waals surface area contributed by atoms with E-state index in [9.17, 15) is 27.7 Å². The number of halogens is 2. The van der Waals surface area contributed by atoms with Gasteiger partial charge in [-0.2, -0.15) is 8.78 Å². The summed E-state index contributed by atoms with van der Waals surface area (Å²) in [4.78, 5) is 63.0. The molecule has 2 aromatic carbocycles. The molecule has 2 unspecified atom stereocenters. The Hall–Kier alpha value is -3.22. The Bertz CT molecular complexity index is 1700. The highest BCUT2D eigenvalue weighted by molar-refractivity contribution is 7.52. The van der Waals surface area contributed by atoms with Crippen molar-refractivity contribution in [2.45, 2.75) is 64.4 Å². The minimum Gasteiger partial charge on any atom is -0.370 e. The highest BCUT2D eigenvalue weighted by Gasteiger charge is 2.50. The number of rotatable bonds is 7. The number of morpholine rings is 1. The molecule has 3 N–H and O–H groups in total. The molecule has 0 radical (unpaired) electrons. The third-order valence-corrected chi connectivity index (χ3v) is 10.7. The van der Waals surface area contributed by atoms with Gasteiger partial charge in [-0.25, -0.2) is 0 Å². The lowest BCUT2D eigenvalue weighted by atomic mass is 9.85. The third-order valence-electron chi connectivity index (χ3n) is 8.58. The van der Waals surface area contributed by atoms with Crippen LogP contribution in [-0.4, -0.2) is 75.6 Å². The number of benzene rings is 2. The number of aryl methyl sites for hydroxylation is 1. The zero-order chi connectivity index (χ0) is 33.6. The Kier molecular flexibility index (Phi) is 9.47. The second kappa shape index (κ2) is 12.8. The van der Waals surface area contributed by atoms with E-state index in [-0.39, 0.29) is 28.2 Å².